The summed E-state index contributed by atoms with van der Waals surface area (Å²) >= 11 is 0. The van der Waals surface area contributed by atoms with Crippen LogP contribution in [0, 0.1) is 0 Å². The molecule has 4 unspecified atom stereocenters. The Hall–Kier alpha value is -1.06. The van der Waals surface area contributed by atoms with Gasteiger partial charge < -0.3 is 26.2 Å². The van der Waals surface area contributed by atoms with Crippen LogP contribution >= 0.6 is 7.82 Å². The van der Waals surface area contributed by atoms with Crippen LogP contribution in [0.2, 0.25) is 0 Å². The van der Waals surface area contributed by atoms with E-state index in [1.807, 2.05) is 6.08 Å². The number of carbonyl (C=O) groups excluding carboxylic acids is 1. The van der Waals surface area contributed by atoms with Gasteiger partial charge in [-0.1, -0.05) is 263 Å². The molecular formula is C54H107N2O7P. The Morgan fingerprint density at radius 3 is 1.30 bits per heavy atom. The highest BCUT2D eigenvalue weighted by molar-refractivity contribution is 7.47. The first-order valence-corrected chi connectivity index (χ1v) is 29.0. The molecule has 0 radical (unpaired) electrons. The minimum Gasteiger partial charge on any atom is -0.393 e. The van der Waals surface area contributed by atoms with Gasteiger partial charge in [0.15, 0.2) is 0 Å². The number of rotatable bonds is 52. The number of aliphatic hydroxyl groups excluding tert-OH is 2. The molecule has 0 aliphatic heterocycles. The molecule has 0 heterocycles. The molecule has 0 rings (SSSR count). The fourth-order valence-electron chi connectivity index (χ4n) is 8.43. The lowest BCUT2D eigenvalue weighted by Gasteiger charge is -2.24. The van der Waals surface area contributed by atoms with E-state index < -0.39 is 38.6 Å². The van der Waals surface area contributed by atoms with Crippen LogP contribution in [0.15, 0.2) is 24.3 Å². The molecule has 64 heavy (non-hydrogen) atoms. The van der Waals surface area contributed by atoms with Crippen molar-refractivity contribution in [3.8, 4) is 0 Å². The van der Waals surface area contributed by atoms with Gasteiger partial charge in [0, 0.05) is 6.54 Å². The summed E-state index contributed by atoms with van der Waals surface area (Å²) in [6.07, 6.45) is 57.1. The van der Waals surface area contributed by atoms with Crippen molar-refractivity contribution in [3.05, 3.63) is 24.3 Å². The van der Waals surface area contributed by atoms with Crippen molar-refractivity contribution in [2.75, 3.05) is 19.8 Å². The van der Waals surface area contributed by atoms with Gasteiger partial charge in [-0.25, -0.2) is 4.57 Å². The van der Waals surface area contributed by atoms with Gasteiger partial charge in [0.25, 0.3) is 0 Å². The fourth-order valence-corrected chi connectivity index (χ4v) is 9.19. The van der Waals surface area contributed by atoms with E-state index in [0.29, 0.717) is 12.8 Å². The van der Waals surface area contributed by atoms with E-state index in [9.17, 15) is 24.5 Å². The largest absolute Gasteiger partial charge is 0.472 e. The van der Waals surface area contributed by atoms with E-state index in [4.69, 9.17) is 14.8 Å². The van der Waals surface area contributed by atoms with E-state index in [1.165, 1.54) is 212 Å². The lowest BCUT2D eigenvalue weighted by atomic mass is 10.0. The summed E-state index contributed by atoms with van der Waals surface area (Å²) in [6.45, 7) is 4.00. The molecule has 9 nitrogen and oxygen atoms in total. The third-order valence-electron chi connectivity index (χ3n) is 12.6. The number of phosphoric ester groups is 1. The normalized spacial score (nSPS) is 14.4. The van der Waals surface area contributed by atoms with Crippen LogP contribution in [0.4, 0.5) is 0 Å². The first-order chi connectivity index (χ1) is 31.3. The second-order valence-electron chi connectivity index (χ2n) is 19.0. The molecule has 380 valence electrons. The van der Waals surface area contributed by atoms with Crippen LogP contribution in [-0.2, 0) is 18.4 Å². The Bertz CT molecular complexity index is 1080. The van der Waals surface area contributed by atoms with Crippen molar-refractivity contribution >= 4 is 13.7 Å². The average molecular weight is 927 g/mol. The lowest BCUT2D eigenvalue weighted by Crippen LogP contribution is -2.46. The maximum atomic E-state index is 12.9. The number of aliphatic hydroxyl groups is 2. The number of amides is 1. The number of phosphoric acid groups is 1. The molecule has 0 aliphatic rings. The number of unbranched alkanes of at least 4 members (excludes halogenated alkanes) is 36. The predicted molar refractivity (Wildman–Crippen MR) is 274 cm³/mol. The highest BCUT2D eigenvalue weighted by atomic mass is 31.2. The maximum Gasteiger partial charge on any atom is 0.472 e. The Kier molecular flexibility index (Phi) is 49.0. The quantitative estimate of drug-likeness (QED) is 0.0230. The average Bonchev–Trinajstić information content (AvgIpc) is 3.28. The molecule has 10 heteroatoms. The second-order valence-corrected chi connectivity index (χ2v) is 20.4. The SMILES string of the molecule is CCCCCCCCCCCCCCCCC/C=C/CC/C=C/C(O)C(COP(=O)(O)OCCN)NC(=O)CC(O)CCCCCCCCCCCCCCCCCCCCCCC. The molecule has 0 aromatic carbocycles. The molecule has 0 aromatic heterocycles. The number of nitrogens with one attached hydrogen (secondary N) is 1. The second kappa shape index (κ2) is 49.8. The van der Waals surface area contributed by atoms with Gasteiger partial charge in [-0.15, -0.1) is 0 Å². The van der Waals surface area contributed by atoms with Crippen molar-refractivity contribution in [1.29, 1.82) is 0 Å². The molecule has 0 aliphatic carbocycles. The molecule has 6 N–H and O–H groups in total. The number of allylic oxidation sites excluding steroid dienone is 3. The molecule has 0 aromatic rings. The van der Waals surface area contributed by atoms with Crippen LogP contribution in [0.25, 0.3) is 0 Å². The minimum absolute atomic E-state index is 0.0464. The van der Waals surface area contributed by atoms with Crippen LogP contribution in [0.1, 0.15) is 277 Å². The third kappa shape index (κ3) is 47.4. The summed E-state index contributed by atoms with van der Waals surface area (Å²) in [5, 5.41) is 24.2. The number of nitrogens with two attached hydrogens (primary N) is 1. The highest BCUT2D eigenvalue weighted by Crippen LogP contribution is 2.43. The zero-order valence-electron chi connectivity index (χ0n) is 42.2. The molecule has 0 saturated carbocycles. The monoisotopic (exact) mass is 927 g/mol. The van der Waals surface area contributed by atoms with Crippen molar-refractivity contribution in [2.24, 2.45) is 5.73 Å². The summed E-state index contributed by atoms with van der Waals surface area (Å²) in [4.78, 5) is 22.9. The van der Waals surface area contributed by atoms with E-state index >= 15 is 0 Å². The van der Waals surface area contributed by atoms with E-state index in [1.54, 1.807) is 6.08 Å². The van der Waals surface area contributed by atoms with Gasteiger partial charge in [-0.2, -0.15) is 0 Å². The molecule has 0 bridgehead atoms. The maximum absolute atomic E-state index is 12.9. The van der Waals surface area contributed by atoms with Gasteiger partial charge in [0.05, 0.1) is 37.9 Å². The summed E-state index contributed by atoms with van der Waals surface area (Å²) < 4.78 is 22.2. The Balaban J connectivity index is 4.16. The smallest absolute Gasteiger partial charge is 0.393 e. The molecular weight excluding hydrogens is 820 g/mol. The fraction of sp³-hybridized carbons (Fsp3) is 0.907. The third-order valence-corrected chi connectivity index (χ3v) is 13.6. The molecule has 1 amide bonds. The molecule has 0 saturated heterocycles. The summed E-state index contributed by atoms with van der Waals surface area (Å²) in [7, 11) is -4.41. The van der Waals surface area contributed by atoms with Crippen LogP contribution < -0.4 is 11.1 Å². The van der Waals surface area contributed by atoms with Gasteiger partial charge in [-0.05, 0) is 32.1 Å². The van der Waals surface area contributed by atoms with Gasteiger partial charge in [0.2, 0.25) is 5.91 Å². The summed E-state index contributed by atoms with van der Waals surface area (Å²) in [6, 6.07) is -0.997. The molecule has 4 atom stereocenters. The number of hydrogen-bond donors (Lipinski definition) is 5. The van der Waals surface area contributed by atoms with Crippen molar-refractivity contribution in [3.63, 3.8) is 0 Å². The topological polar surface area (TPSA) is 151 Å². The number of carbonyl (C=O) groups is 1. The van der Waals surface area contributed by atoms with Gasteiger partial charge in [-0.3, -0.25) is 13.8 Å². The zero-order valence-corrected chi connectivity index (χ0v) is 43.0. The Labute approximate surface area is 396 Å². The minimum atomic E-state index is -4.41. The van der Waals surface area contributed by atoms with E-state index in [2.05, 4.69) is 31.3 Å². The van der Waals surface area contributed by atoms with Crippen molar-refractivity contribution in [2.45, 2.75) is 295 Å². The lowest BCUT2D eigenvalue weighted by molar-refractivity contribution is -0.124. The van der Waals surface area contributed by atoms with Crippen LogP contribution in [0.3, 0.4) is 0 Å². The van der Waals surface area contributed by atoms with Crippen molar-refractivity contribution < 1.29 is 33.5 Å². The van der Waals surface area contributed by atoms with Crippen LogP contribution in [0.5, 0.6) is 0 Å². The first-order valence-electron chi connectivity index (χ1n) is 27.5. The molecule has 0 spiro atoms. The number of hydrogen-bond acceptors (Lipinski definition) is 7. The van der Waals surface area contributed by atoms with Crippen LogP contribution in [-0.4, -0.2) is 59.0 Å². The van der Waals surface area contributed by atoms with Gasteiger partial charge >= 0.3 is 7.82 Å². The molecule has 0 fully saturated rings. The van der Waals surface area contributed by atoms with E-state index in [-0.39, 0.29) is 19.6 Å². The highest BCUT2D eigenvalue weighted by Gasteiger charge is 2.27. The van der Waals surface area contributed by atoms with Gasteiger partial charge in [0.1, 0.15) is 0 Å². The summed E-state index contributed by atoms with van der Waals surface area (Å²) in [5.74, 6) is -0.450. The first kappa shape index (κ1) is 62.9. The predicted octanol–water partition coefficient (Wildman–Crippen LogP) is 15.4. The zero-order chi connectivity index (χ0) is 46.9. The Morgan fingerprint density at radius 2 is 0.891 bits per heavy atom. The summed E-state index contributed by atoms with van der Waals surface area (Å²) in [5.41, 5.74) is 5.39. The van der Waals surface area contributed by atoms with E-state index in [0.717, 1.165) is 32.1 Å². The standard InChI is InChI=1S/C54H107N2O7P/c1-3-5-7-9-11-13-15-17-19-21-23-25-27-29-31-33-35-37-39-41-43-45-51(57)49-54(59)56-52(50-63-64(60,61)62-48-47-55)53(58)46-44-42-40-38-36-34-32-30-28-26-24-22-20-18-16-14-12-10-8-6-4-2/h36,38,44,46,51-53,57-58H,3-35,37,39-43,45,47-50,55H2,1-2H3,(H,56,59)(H,60,61)/b38-36+,46-44+. The Morgan fingerprint density at radius 1 is 0.531 bits per heavy atom. The van der Waals surface area contributed by atoms with Crippen molar-refractivity contribution in [1.82, 2.24) is 5.32 Å².